The molecule has 0 radical (unpaired) electrons. The lowest BCUT2D eigenvalue weighted by Crippen LogP contribution is -2.52. The van der Waals surface area contributed by atoms with Gasteiger partial charge in [0.15, 0.2) is 5.60 Å². The fourth-order valence-electron chi connectivity index (χ4n) is 5.68. The predicted molar refractivity (Wildman–Crippen MR) is 155 cm³/mol. The number of allylic oxidation sites excluding steroid dienone is 2. The van der Waals surface area contributed by atoms with Crippen molar-refractivity contribution in [2.75, 3.05) is 26.6 Å². The first kappa shape index (κ1) is 32.4. The van der Waals surface area contributed by atoms with Crippen molar-refractivity contribution < 1.29 is 28.5 Å². The van der Waals surface area contributed by atoms with Crippen molar-refractivity contribution in [2.24, 2.45) is 5.41 Å². The number of hydrogen-bond acceptors (Lipinski definition) is 6. The zero-order valence-electron chi connectivity index (χ0n) is 24.8. The third-order valence-corrected chi connectivity index (χ3v) is 13.6. The van der Waals surface area contributed by atoms with E-state index in [0.29, 0.717) is 48.3 Å². The standard InChI is InChI=1S/C31H50O6Si/c1-24(2)38(25(3)4,26(5)6)36-22-31(21-35-23-34-20-27-13-10-9-11-14-27)19-28(29(33)37-31)15-17-30(7,8)16-12-18-32/h9-16,24-26,32H,17-23H2,1-8H3/b16-12+,28-15-/t31-/m1/s1. The summed E-state index contributed by atoms with van der Waals surface area (Å²) in [5.74, 6) is -0.310. The molecular formula is C31H50O6Si. The van der Waals surface area contributed by atoms with Crippen molar-refractivity contribution in [3.8, 4) is 0 Å². The number of aliphatic hydroxyl groups excluding tert-OH is 1. The fraction of sp³-hybridized carbons (Fsp3) is 0.645. The van der Waals surface area contributed by atoms with Crippen LogP contribution in [0.3, 0.4) is 0 Å². The van der Waals surface area contributed by atoms with Crippen LogP contribution in [-0.4, -0.2) is 51.6 Å². The minimum atomic E-state index is -2.18. The highest BCUT2D eigenvalue weighted by Crippen LogP contribution is 2.44. The number of carbonyl (C=O) groups is 1. The first-order chi connectivity index (χ1) is 17.9. The molecule has 1 saturated heterocycles. The highest BCUT2D eigenvalue weighted by atomic mass is 28.4. The summed E-state index contributed by atoms with van der Waals surface area (Å²) in [6.07, 6.45) is 6.77. The zero-order valence-corrected chi connectivity index (χ0v) is 25.8. The average Bonchev–Trinajstić information content (AvgIpc) is 3.17. The van der Waals surface area contributed by atoms with Gasteiger partial charge in [-0.1, -0.05) is 104 Å². The van der Waals surface area contributed by atoms with Crippen LogP contribution in [0.25, 0.3) is 0 Å². The Morgan fingerprint density at radius 1 is 1.03 bits per heavy atom. The molecule has 0 aromatic heterocycles. The predicted octanol–water partition coefficient (Wildman–Crippen LogP) is 6.95. The second-order valence-corrected chi connectivity index (χ2v) is 17.6. The Morgan fingerprint density at radius 2 is 1.66 bits per heavy atom. The molecule has 7 heteroatoms. The van der Waals surface area contributed by atoms with Gasteiger partial charge in [-0.2, -0.15) is 0 Å². The van der Waals surface area contributed by atoms with Crippen LogP contribution in [0.1, 0.15) is 73.8 Å². The Labute approximate surface area is 231 Å². The number of cyclic esters (lactones) is 1. The minimum absolute atomic E-state index is 0.000627. The molecule has 0 bridgehead atoms. The van der Waals surface area contributed by atoms with E-state index in [0.717, 1.165) is 5.56 Å². The maximum Gasteiger partial charge on any atom is 0.334 e. The first-order valence-corrected chi connectivity index (χ1v) is 16.1. The van der Waals surface area contributed by atoms with Crippen LogP contribution < -0.4 is 0 Å². The lowest BCUT2D eigenvalue weighted by molar-refractivity contribution is -0.164. The second kappa shape index (κ2) is 14.6. The molecule has 214 valence electrons. The SMILES string of the molecule is CC(C)[Si](OC[C@]1(COCOCc2ccccc2)C/C(=C/CC(C)(C)/C=C/CO)C(=O)O1)(C(C)C)C(C)C. The van der Waals surface area contributed by atoms with Gasteiger partial charge < -0.3 is 23.7 Å². The molecule has 38 heavy (non-hydrogen) atoms. The van der Waals surface area contributed by atoms with E-state index < -0.39 is 13.9 Å². The van der Waals surface area contributed by atoms with Crippen molar-refractivity contribution in [1.82, 2.24) is 0 Å². The lowest BCUT2D eigenvalue weighted by atomic mass is 9.87. The van der Waals surface area contributed by atoms with Gasteiger partial charge in [-0.3, -0.25) is 0 Å². The number of esters is 1. The van der Waals surface area contributed by atoms with E-state index >= 15 is 0 Å². The molecule has 1 N–H and O–H groups in total. The van der Waals surface area contributed by atoms with Crippen LogP contribution >= 0.6 is 0 Å². The number of ether oxygens (including phenoxy) is 3. The van der Waals surface area contributed by atoms with Gasteiger partial charge in [0.05, 0.1) is 26.4 Å². The molecule has 1 fully saturated rings. The first-order valence-electron chi connectivity index (χ1n) is 13.9. The van der Waals surface area contributed by atoms with E-state index in [9.17, 15) is 4.79 Å². The van der Waals surface area contributed by atoms with Gasteiger partial charge in [0, 0.05) is 12.0 Å². The van der Waals surface area contributed by atoms with Gasteiger partial charge in [0.2, 0.25) is 8.32 Å². The summed E-state index contributed by atoms with van der Waals surface area (Å²) in [6, 6.07) is 9.95. The van der Waals surface area contributed by atoms with Crippen LogP contribution in [0.15, 0.2) is 54.1 Å². The summed E-state index contributed by atoms with van der Waals surface area (Å²) in [4.78, 5) is 13.0. The highest BCUT2D eigenvalue weighted by Gasteiger charge is 2.50. The monoisotopic (exact) mass is 546 g/mol. The summed E-state index contributed by atoms with van der Waals surface area (Å²) in [7, 11) is -2.18. The normalized spacial score (nSPS) is 20.0. The summed E-state index contributed by atoms with van der Waals surface area (Å²) >= 11 is 0. The van der Waals surface area contributed by atoms with Crippen LogP contribution in [0.5, 0.6) is 0 Å². The molecule has 1 aromatic carbocycles. The van der Waals surface area contributed by atoms with Crippen molar-refractivity contribution in [2.45, 2.75) is 97.1 Å². The number of aliphatic hydroxyl groups is 1. The van der Waals surface area contributed by atoms with Gasteiger partial charge in [-0.25, -0.2) is 4.79 Å². The van der Waals surface area contributed by atoms with Gasteiger partial charge >= 0.3 is 5.97 Å². The summed E-state index contributed by atoms with van der Waals surface area (Å²) in [5.41, 5.74) is 1.91. The quantitative estimate of drug-likeness (QED) is 0.0604. The largest absolute Gasteiger partial charge is 0.450 e. The zero-order chi connectivity index (χ0) is 28.4. The molecular weight excluding hydrogens is 496 g/mol. The van der Waals surface area contributed by atoms with Crippen LogP contribution in [0.2, 0.25) is 16.6 Å². The van der Waals surface area contributed by atoms with Crippen LogP contribution in [0, 0.1) is 5.41 Å². The molecule has 1 aliphatic rings. The molecule has 0 saturated carbocycles. The van der Waals surface area contributed by atoms with E-state index in [1.807, 2.05) is 42.5 Å². The van der Waals surface area contributed by atoms with Gasteiger partial charge in [0.1, 0.15) is 6.79 Å². The van der Waals surface area contributed by atoms with Crippen LogP contribution in [-0.2, 0) is 30.0 Å². The van der Waals surface area contributed by atoms with Gasteiger partial charge in [0.25, 0.3) is 0 Å². The maximum atomic E-state index is 13.0. The fourth-order valence-corrected chi connectivity index (χ4v) is 11.2. The Kier molecular flexibility index (Phi) is 12.4. The van der Waals surface area contributed by atoms with Crippen molar-refractivity contribution in [3.63, 3.8) is 0 Å². The van der Waals surface area contributed by atoms with Crippen LogP contribution in [0.4, 0.5) is 0 Å². The number of hydrogen-bond donors (Lipinski definition) is 1. The number of rotatable bonds is 16. The smallest absolute Gasteiger partial charge is 0.334 e. The average molecular weight is 547 g/mol. The Hall–Kier alpha value is -1.77. The van der Waals surface area contributed by atoms with E-state index in [4.69, 9.17) is 23.7 Å². The minimum Gasteiger partial charge on any atom is -0.450 e. The molecule has 0 aliphatic carbocycles. The summed E-state index contributed by atoms with van der Waals surface area (Å²) in [5, 5.41) is 9.14. The number of benzene rings is 1. The molecule has 1 aromatic rings. The molecule has 0 amide bonds. The van der Waals surface area contributed by atoms with E-state index in [-0.39, 0.29) is 31.4 Å². The Morgan fingerprint density at radius 3 is 2.24 bits per heavy atom. The lowest BCUT2D eigenvalue weighted by Gasteiger charge is -2.44. The molecule has 6 nitrogen and oxygen atoms in total. The molecule has 1 atom stereocenters. The molecule has 1 heterocycles. The second-order valence-electron chi connectivity index (χ2n) is 12.2. The molecule has 1 aliphatic heterocycles. The van der Waals surface area contributed by atoms with E-state index in [1.54, 1.807) is 6.08 Å². The van der Waals surface area contributed by atoms with Crippen molar-refractivity contribution in [3.05, 3.63) is 59.7 Å². The highest BCUT2D eigenvalue weighted by molar-refractivity contribution is 6.77. The maximum absolute atomic E-state index is 13.0. The third kappa shape index (κ3) is 8.88. The molecule has 2 rings (SSSR count). The van der Waals surface area contributed by atoms with Crippen molar-refractivity contribution >= 4 is 14.3 Å². The van der Waals surface area contributed by atoms with Crippen molar-refractivity contribution in [1.29, 1.82) is 0 Å². The molecule has 0 spiro atoms. The number of carbonyl (C=O) groups excluding carboxylic acids is 1. The summed E-state index contributed by atoms with van der Waals surface area (Å²) in [6.45, 7) is 18.7. The summed E-state index contributed by atoms with van der Waals surface area (Å²) < 4.78 is 24.6. The van der Waals surface area contributed by atoms with E-state index in [1.165, 1.54) is 0 Å². The molecule has 0 unspecified atom stereocenters. The Bertz CT molecular complexity index is 900. The Balaban J connectivity index is 2.18. The topological polar surface area (TPSA) is 74.2 Å². The third-order valence-electron chi connectivity index (χ3n) is 7.57. The van der Waals surface area contributed by atoms with E-state index in [2.05, 4.69) is 55.4 Å². The van der Waals surface area contributed by atoms with Gasteiger partial charge in [-0.05, 0) is 34.0 Å². The van der Waals surface area contributed by atoms with Gasteiger partial charge in [-0.15, -0.1) is 0 Å².